The molecule has 4 heteroatoms. The maximum atomic E-state index is 12.8. The van der Waals surface area contributed by atoms with Gasteiger partial charge < -0.3 is 8.98 Å². The molecule has 0 fully saturated rings. The predicted molar refractivity (Wildman–Crippen MR) is 89.5 cm³/mol. The maximum Gasteiger partial charge on any atom is 0.296 e. The van der Waals surface area contributed by atoms with Crippen LogP contribution in [0.2, 0.25) is 0 Å². The number of aromatic nitrogens is 2. The number of hydrogen-bond acceptors (Lipinski definition) is 3. The van der Waals surface area contributed by atoms with Gasteiger partial charge >= 0.3 is 0 Å². The van der Waals surface area contributed by atoms with Crippen LogP contribution in [-0.4, -0.2) is 9.55 Å². The summed E-state index contributed by atoms with van der Waals surface area (Å²) in [5.74, 6) is 0.501. The lowest BCUT2D eigenvalue weighted by Gasteiger charge is -2.18. The minimum absolute atomic E-state index is 0.0747. The van der Waals surface area contributed by atoms with E-state index >= 15 is 0 Å². The molecule has 112 valence electrons. The van der Waals surface area contributed by atoms with E-state index in [4.69, 9.17) is 4.42 Å². The normalized spacial score (nSPS) is 13.7. The van der Waals surface area contributed by atoms with Crippen molar-refractivity contribution >= 4 is 22.0 Å². The minimum atomic E-state index is -0.0747. The summed E-state index contributed by atoms with van der Waals surface area (Å²) in [6.07, 6.45) is 1.99. The van der Waals surface area contributed by atoms with Gasteiger partial charge in [0.2, 0.25) is 11.5 Å². The molecular weight excluding hydrogens is 288 g/mol. The van der Waals surface area contributed by atoms with Gasteiger partial charge in [-0.05, 0) is 30.5 Å². The Balaban J connectivity index is 1.94. The van der Waals surface area contributed by atoms with Crippen LogP contribution in [0.25, 0.3) is 33.5 Å². The predicted octanol–water partition coefficient (Wildman–Crippen LogP) is 3.76. The molecule has 5 rings (SSSR count). The van der Waals surface area contributed by atoms with E-state index in [9.17, 15) is 4.79 Å². The Morgan fingerprint density at radius 3 is 2.78 bits per heavy atom. The molecule has 0 saturated heterocycles. The first-order valence-electron chi connectivity index (χ1n) is 7.83. The van der Waals surface area contributed by atoms with Gasteiger partial charge in [-0.25, -0.2) is 4.98 Å². The fourth-order valence-corrected chi connectivity index (χ4v) is 3.52. The number of para-hydroxylation sites is 1. The summed E-state index contributed by atoms with van der Waals surface area (Å²) in [6, 6.07) is 15.9. The smallest absolute Gasteiger partial charge is 0.296 e. The molecule has 4 nitrogen and oxygen atoms in total. The molecule has 0 amide bonds. The Hall–Kier alpha value is -2.88. The Bertz CT molecular complexity index is 1110. The van der Waals surface area contributed by atoms with E-state index in [-0.39, 0.29) is 5.56 Å². The van der Waals surface area contributed by atoms with Gasteiger partial charge in [0.05, 0.1) is 5.52 Å². The first kappa shape index (κ1) is 12.6. The maximum absolute atomic E-state index is 12.8. The number of oxazole rings is 1. The first-order chi connectivity index (χ1) is 11.3. The van der Waals surface area contributed by atoms with Gasteiger partial charge in [-0.1, -0.05) is 36.4 Å². The van der Waals surface area contributed by atoms with Crippen molar-refractivity contribution in [3.8, 4) is 11.5 Å². The molecule has 0 bridgehead atoms. The number of aryl methyl sites for hydroxylation is 2. The molecule has 23 heavy (non-hydrogen) atoms. The van der Waals surface area contributed by atoms with Crippen molar-refractivity contribution in [3.05, 3.63) is 64.4 Å². The molecule has 0 radical (unpaired) electrons. The molecular formula is C19H14N2O2. The molecule has 0 atom stereocenters. The summed E-state index contributed by atoms with van der Waals surface area (Å²) < 4.78 is 7.70. The number of benzene rings is 2. The molecule has 4 aromatic rings. The highest BCUT2D eigenvalue weighted by Gasteiger charge is 2.21. The van der Waals surface area contributed by atoms with Gasteiger partial charge in [0.1, 0.15) is 5.52 Å². The second kappa shape index (κ2) is 4.56. The van der Waals surface area contributed by atoms with Crippen LogP contribution in [0.3, 0.4) is 0 Å². The van der Waals surface area contributed by atoms with Crippen molar-refractivity contribution in [3.63, 3.8) is 0 Å². The second-order valence-electron chi connectivity index (χ2n) is 5.94. The van der Waals surface area contributed by atoms with Crippen LogP contribution in [0, 0.1) is 0 Å². The number of pyridine rings is 1. The van der Waals surface area contributed by atoms with E-state index in [0.717, 1.165) is 35.9 Å². The number of fused-ring (bicyclic) bond motifs is 2. The van der Waals surface area contributed by atoms with Gasteiger partial charge in [-0.3, -0.25) is 4.79 Å². The van der Waals surface area contributed by atoms with Crippen LogP contribution >= 0.6 is 0 Å². The third kappa shape index (κ3) is 1.72. The molecule has 3 heterocycles. The van der Waals surface area contributed by atoms with Crippen molar-refractivity contribution in [1.29, 1.82) is 0 Å². The molecule has 1 aliphatic rings. The Morgan fingerprint density at radius 2 is 1.91 bits per heavy atom. The number of nitrogens with zero attached hydrogens (tertiary/aromatic N) is 2. The number of hydrogen-bond donors (Lipinski definition) is 0. The summed E-state index contributed by atoms with van der Waals surface area (Å²) >= 11 is 0. The molecule has 2 aromatic heterocycles. The summed E-state index contributed by atoms with van der Waals surface area (Å²) in [5.41, 5.74) is 4.07. The standard InChI is InChI=1S/C19H14N2O2/c22-19-17-15(20-18(23-17)13-6-2-1-3-7-13)14-10-4-8-12-9-5-11-21(19)16(12)14/h1-4,6-8,10H,5,9,11H2. The van der Waals surface area contributed by atoms with Crippen LogP contribution in [-0.2, 0) is 13.0 Å². The minimum Gasteiger partial charge on any atom is -0.430 e. The first-order valence-corrected chi connectivity index (χ1v) is 7.83. The quantitative estimate of drug-likeness (QED) is 0.538. The zero-order valence-electron chi connectivity index (χ0n) is 12.5. The van der Waals surface area contributed by atoms with Gasteiger partial charge in [0, 0.05) is 17.5 Å². The average Bonchev–Trinajstić information content (AvgIpc) is 3.06. The summed E-state index contributed by atoms with van der Waals surface area (Å²) in [6.45, 7) is 0.740. The zero-order valence-corrected chi connectivity index (χ0v) is 12.5. The summed E-state index contributed by atoms with van der Waals surface area (Å²) in [7, 11) is 0. The third-order valence-corrected chi connectivity index (χ3v) is 4.56. The molecule has 0 N–H and O–H groups in total. The summed E-state index contributed by atoms with van der Waals surface area (Å²) in [4.78, 5) is 17.5. The van der Waals surface area contributed by atoms with Crippen molar-refractivity contribution in [2.24, 2.45) is 0 Å². The van der Waals surface area contributed by atoms with E-state index in [0.29, 0.717) is 17.0 Å². The molecule has 1 aliphatic heterocycles. The largest absolute Gasteiger partial charge is 0.430 e. The second-order valence-corrected chi connectivity index (χ2v) is 5.94. The molecule has 0 aliphatic carbocycles. The van der Waals surface area contributed by atoms with E-state index < -0.39 is 0 Å². The fourth-order valence-electron chi connectivity index (χ4n) is 3.52. The van der Waals surface area contributed by atoms with Gasteiger partial charge in [-0.15, -0.1) is 0 Å². The SMILES string of the molecule is O=c1c2oc(-c3ccccc3)nc2c2cccc3c2n1CCC3. The van der Waals surface area contributed by atoms with Crippen LogP contribution in [0.15, 0.2) is 57.7 Å². The lowest BCUT2D eigenvalue weighted by Crippen LogP contribution is -2.24. The third-order valence-electron chi connectivity index (χ3n) is 4.56. The molecule has 0 saturated carbocycles. The molecule has 2 aromatic carbocycles. The van der Waals surface area contributed by atoms with E-state index in [2.05, 4.69) is 11.1 Å². The lowest BCUT2D eigenvalue weighted by molar-refractivity contribution is 0.586. The molecule has 0 spiro atoms. The molecule has 0 unspecified atom stereocenters. The highest BCUT2D eigenvalue weighted by Crippen LogP contribution is 2.31. The van der Waals surface area contributed by atoms with Crippen LogP contribution in [0.1, 0.15) is 12.0 Å². The topological polar surface area (TPSA) is 48.0 Å². The highest BCUT2D eigenvalue weighted by atomic mass is 16.4. The Kier molecular flexibility index (Phi) is 2.50. The van der Waals surface area contributed by atoms with Crippen molar-refractivity contribution in [2.45, 2.75) is 19.4 Å². The van der Waals surface area contributed by atoms with Crippen LogP contribution < -0.4 is 5.56 Å². The lowest BCUT2D eigenvalue weighted by atomic mass is 10.0. The van der Waals surface area contributed by atoms with Crippen molar-refractivity contribution in [1.82, 2.24) is 9.55 Å². The van der Waals surface area contributed by atoms with E-state index in [1.807, 2.05) is 47.0 Å². The van der Waals surface area contributed by atoms with Crippen molar-refractivity contribution in [2.75, 3.05) is 0 Å². The van der Waals surface area contributed by atoms with E-state index in [1.54, 1.807) is 0 Å². The Morgan fingerprint density at radius 1 is 1.04 bits per heavy atom. The van der Waals surface area contributed by atoms with Gasteiger partial charge in [0.25, 0.3) is 5.56 Å². The van der Waals surface area contributed by atoms with Gasteiger partial charge in [-0.2, -0.15) is 0 Å². The van der Waals surface area contributed by atoms with E-state index in [1.165, 1.54) is 5.56 Å². The monoisotopic (exact) mass is 302 g/mol. The summed E-state index contributed by atoms with van der Waals surface area (Å²) in [5, 5.41) is 1.00. The zero-order chi connectivity index (χ0) is 15.4. The Labute approximate surface area is 132 Å². The highest BCUT2D eigenvalue weighted by molar-refractivity contribution is 6.03. The number of rotatable bonds is 1. The van der Waals surface area contributed by atoms with Crippen LogP contribution in [0.4, 0.5) is 0 Å². The average molecular weight is 302 g/mol. The van der Waals surface area contributed by atoms with Crippen LogP contribution in [0.5, 0.6) is 0 Å². The fraction of sp³-hybridized carbons (Fsp3) is 0.158. The van der Waals surface area contributed by atoms with Gasteiger partial charge in [0.15, 0.2) is 0 Å². The van der Waals surface area contributed by atoms with Crippen molar-refractivity contribution < 1.29 is 4.42 Å².